The topological polar surface area (TPSA) is 72.8 Å². The van der Waals surface area contributed by atoms with E-state index >= 15 is 0 Å². The molecule has 1 rings (SSSR count). The van der Waals surface area contributed by atoms with Gasteiger partial charge in [0.1, 0.15) is 0 Å². The second-order valence-corrected chi connectivity index (χ2v) is 4.95. The van der Waals surface area contributed by atoms with Gasteiger partial charge in [0.15, 0.2) is 5.92 Å². The molecular weight excluding hydrogens is 248 g/mol. The van der Waals surface area contributed by atoms with Gasteiger partial charge in [0.25, 0.3) is 0 Å². The Bertz CT molecular complexity index is 287. The Hall–Kier alpha value is -1.10. The molecule has 0 aromatic rings. The molecule has 0 aromatic heterocycles. The largest absolute Gasteiger partial charge is 0.465 e. The van der Waals surface area contributed by atoms with Crippen LogP contribution in [0.3, 0.4) is 0 Å². The Morgan fingerprint density at radius 2 is 1.42 bits per heavy atom. The number of carbonyl (C=O) groups excluding carboxylic acids is 2. The second-order valence-electron chi connectivity index (χ2n) is 4.95. The van der Waals surface area contributed by atoms with Crippen LogP contribution in [0.1, 0.15) is 52.4 Å². The van der Waals surface area contributed by atoms with Gasteiger partial charge in [-0.15, -0.1) is 0 Å². The van der Waals surface area contributed by atoms with Crippen molar-refractivity contribution in [3.63, 3.8) is 0 Å². The van der Waals surface area contributed by atoms with Gasteiger partial charge in [-0.05, 0) is 26.7 Å². The quantitative estimate of drug-likeness (QED) is 0.469. The van der Waals surface area contributed by atoms with Crippen LogP contribution in [0.4, 0.5) is 0 Å². The molecule has 110 valence electrons. The van der Waals surface area contributed by atoms with Crippen molar-refractivity contribution in [1.82, 2.24) is 0 Å². The first-order valence-electron chi connectivity index (χ1n) is 7.10. The zero-order valence-corrected chi connectivity index (χ0v) is 11.8. The molecule has 0 amide bonds. The monoisotopic (exact) mass is 272 g/mol. The summed E-state index contributed by atoms with van der Waals surface area (Å²) in [5.74, 6) is -2.57. The minimum Gasteiger partial charge on any atom is -0.465 e. The molecule has 1 aliphatic carbocycles. The molecule has 0 aliphatic heterocycles. The average molecular weight is 272 g/mol. The summed E-state index contributed by atoms with van der Waals surface area (Å²) in [7, 11) is 0. The lowest BCUT2D eigenvalue weighted by atomic mass is 9.81. The molecule has 1 saturated carbocycles. The lowest BCUT2D eigenvalue weighted by Crippen LogP contribution is -2.48. The molecule has 1 fully saturated rings. The predicted octanol–water partition coefficient (Wildman–Crippen LogP) is 1.81. The molecule has 0 unspecified atom stereocenters. The highest BCUT2D eigenvalue weighted by Gasteiger charge is 2.48. The summed E-state index contributed by atoms with van der Waals surface area (Å²) < 4.78 is 9.86. The summed E-state index contributed by atoms with van der Waals surface area (Å²) in [5.41, 5.74) is -1.32. The van der Waals surface area contributed by atoms with Gasteiger partial charge in [0.05, 0.1) is 18.8 Å². The molecule has 1 N–H and O–H groups in total. The molecule has 1 aliphatic rings. The van der Waals surface area contributed by atoms with Crippen molar-refractivity contribution < 1.29 is 24.2 Å². The van der Waals surface area contributed by atoms with E-state index < -0.39 is 23.5 Å². The highest BCUT2D eigenvalue weighted by atomic mass is 16.6. The molecule has 0 heterocycles. The van der Waals surface area contributed by atoms with E-state index in [1.54, 1.807) is 13.8 Å². The van der Waals surface area contributed by atoms with Gasteiger partial charge < -0.3 is 14.6 Å². The van der Waals surface area contributed by atoms with E-state index in [2.05, 4.69) is 0 Å². The summed E-state index contributed by atoms with van der Waals surface area (Å²) in [6.07, 6.45) is 4.53. The predicted molar refractivity (Wildman–Crippen MR) is 69.4 cm³/mol. The number of ether oxygens (including phenoxy) is 2. The number of hydrogen-bond acceptors (Lipinski definition) is 5. The first-order chi connectivity index (χ1) is 9.05. The molecule has 0 spiro atoms. The van der Waals surface area contributed by atoms with Crippen LogP contribution in [0.5, 0.6) is 0 Å². The zero-order valence-electron chi connectivity index (χ0n) is 11.8. The van der Waals surface area contributed by atoms with Crippen LogP contribution in [0.25, 0.3) is 0 Å². The highest BCUT2D eigenvalue weighted by Crippen LogP contribution is 2.34. The highest BCUT2D eigenvalue weighted by molar-refractivity contribution is 5.96. The van der Waals surface area contributed by atoms with Gasteiger partial charge in [-0.25, -0.2) is 0 Å². The third-order valence-corrected chi connectivity index (χ3v) is 3.55. The van der Waals surface area contributed by atoms with E-state index in [4.69, 9.17) is 9.47 Å². The Labute approximate surface area is 114 Å². The fourth-order valence-corrected chi connectivity index (χ4v) is 2.62. The number of hydrogen-bond donors (Lipinski definition) is 1. The van der Waals surface area contributed by atoms with Gasteiger partial charge in [-0.3, -0.25) is 9.59 Å². The molecule has 0 bridgehead atoms. The smallest absolute Gasteiger partial charge is 0.323 e. The van der Waals surface area contributed by atoms with Crippen molar-refractivity contribution in [2.45, 2.75) is 58.0 Å². The van der Waals surface area contributed by atoms with Crippen molar-refractivity contribution in [3.05, 3.63) is 0 Å². The van der Waals surface area contributed by atoms with Crippen LogP contribution < -0.4 is 0 Å². The molecule has 5 nitrogen and oxygen atoms in total. The van der Waals surface area contributed by atoms with Crippen LogP contribution in [0.2, 0.25) is 0 Å². The Morgan fingerprint density at radius 3 is 1.79 bits per heavy atom. The first-order valence-corrected chi connectivity index (χ1v) is 7.10. The average Bonchev–Trinajstić information content (AvgIpc) is 2.55. The van der Waals surface area contributed by atoms with Crippen LogP contribution in [0, 0.1) is 5.92 Å². The molecule has 0 atom stereocenters. The third-order valence-electron chi connectivity index (χ3n) is 3.55. The Morgan fingerprint density at radius 1 is 1.00 bits per heavy atom. The van der Waals surface area contributed by atoms with Crippen molar-refractivity contribution in [2.75, 3.05) is 13.2 Å². The van der Waals surface area contributed by atoms with Crippen LogP contribution in [-0.2, 0) is 19.1 Å². The van der Waals surface area contributed by atoms with Gasteiger partial charge in [-0.2, -0.15) is 0 Å². The van der Waals surface area contributed by atoms with E-state index in [0.717, 1.165) is 25.7 Å². The van der Waals surface area contributed by atoms with Crippen molar-refractivity contribution >= 4 is 11.9 Å². The molecule has 0 saturated heterocycles. The van der Waals surface area contributed by atoms with E-state index in [0.29, 0.717) is 12.8 Å². The Kier molecular flexibility index (Phi) is 6.28. The summed E-state index contributed by atoms with van der Waals surface area (Å²) in [6, 6.07) is 0. The molecule has 19 heavy (non-hydrogen) atoms. The molecular formula is C14H24O5. The molecule has 0 radical (unpaired) electrons. The van der Waals surface area contributed by atoms with Gasteiger partial charge in [0.2, 0.25) is 0 Å². The number of rotatable bonds is 5. The maximum absolute atomic E-state index is 12.0. The van der Waals surface area contributed by atoms with Crippen LogP contribution in [-0.4, -0.2) is 35.9 Å². The normalized spacial score (nSPS) is 18.7. The van der Waals surface area contributed by atoms with E-state index in [-0.39, 0.29) is 13.2 Å². The number of carbonyl (C=O) groups is 2. The first kappa shape index (κ1) is 16.0. The van der Waals surface area contributed by atoms with Crippen molar-refractivity contribution in [1.29, 1.82) is 0 Å². The minimum absolute atomic E-state index is 0.185. The second kappa shape index (κ2) is 7.48. The number of esters is 2. The van der Waals surface area contributed by atoms with Gasteiger partial charge in [0, 0.05) is 0 Å². The summed E-state index contributed by atoms with van der Waals surface area (Å²) in [4.78, 5) is 24.0. The van der Waals surface area contributed by atoms with Gasteiger partial charge in [-0.1, -0.05) is 25.7 Å². The van der Waals surface area contributed by atoms with E-state index in [9.17, 15) is 14.7 Å². The van der Waals surface area contributed by atoms with Crippen molar-refractivity contribution in [3.8, 4) is 0 Å². The standard InChI is InChI=1S/C14H24O5/c1-3-18-12(15)11(13(16)19-4-2)14(17)9-7-5-6-8-10-14/h11,17H,3-10H2,1-2H3. The van der Waals surface area contributed by atoms with Crippen molar-refractivity contribution in [2.24, 2.45) is 5.92 Å². The van der Waals surface area contributed by atoms with E-state index in [1.807, 2.05) is 0 Å². The van der Waals surface area contributed by atoms with E-state index in [1.165, 1.54) is 0 Å². The SMILES string of the molecule is CCOC(=O)C(C(=O)OCC)C1(O)CCCCCC1. The maximum atomic E-state index is 12.0. The van der Waals surface area contributed by atoms with Gasteiger partial charge >= 0.3 is 11.9 Å². The van der Waals surface area contributed by atoms with Crippen LogP contribution >= 0.6 is 0 Å². The third kappa shape index (κ3) is 4.20. The van der Waals surface area contributed by atoms with Crippen LogP contribution in [0.15, 0.2) is 0 Å². The lowest BCUT2D eigenvalue weighted by molar-refractivity contribution is -0.175. The zero-order chi connectivity index (χ0) is 14.3. The molecule has 0 aromatic carbocycles. The summed E-state index contributed by atoms with van der Waals surface area (Å²) in [6.45, 7) is 3.73. The Balaban J connectivity index is 2.92. The minimum atomic E-state index is -1.32. The maximum Gasteiger partial charge on any atom is 0.323 e. The number of aliphatic hydroxyl groups is 1. The molecule has 5 heteroatoms. The fourth-order valence-electron chi connectivity index (χ4n) is 2.62. The lowest BCUT2D eigenvalue weighted by Gasteiger charge is -2.32. The summed E-state index contributed by atoms with van der Waals surface area (Å²) >= 11 is 0. The summed E-state index contributed by atoms with van der Waals surface area (Å²) in [5, 5.41) is 10.7. The fraction of sp³-hybridized carbons (Fsp3) is 0.857.